The first kappa shape index (κ1) is 17.0. The standard InChI is InChI=1S/C14H24N4O3S/c1-4-18-13(7-8-15-18)11(2)16-14(19)12-6-5-9-17(10-12)22(3,20)21/h7-8,11-12H,4-6,9-10H2,1-3H3,(H,16,19). The lowest BCUT2D eigenvalue weighted by molar-refractivity contribution is -0.126. The van der Waals surface area contributed by atoms with Crippen molar-refractivity contribution in [2.24, 2.45) is 5.92 Å². The van der Waals surface area contributed by atoms with E-state index in [2.05, 4.69) is 10.4 Å². The van der Waals surface area contributed by atoms with Gasteiger partial charge >= 0.3 is 0 Å². The molecule has 1 aromatic heterocycles. The molecule has 0 radical (unpaired) electrons. The predicted molar refractivity (Wildman–Crippen MR) is 83.6 cm³/mol. The molecule has 2 unspecified atom stereocenters. The third-order valence-corrected chi connectivity index (χ3v) is 5.34. The Morgan fingerprint density at radius 3 is 2.91 bits per heavy atom. The zero-order chi connectivity index (χ0) is 16.3. The number of carbonyl (C=O) groups excluding carboxylic acids is 1. The number of hydrogen-bond acceptors (Lipinski definition) is 4. The highest BCUT2D eigenvalue weighted by Gasteiger charge is 2.30. The van der Waals surface area contributed by atoms with Crippen LogP contribution >= 0.6 is 0 Å². The summed E-state index contributed by atoms with van der Waals surface area (Å²) in [5.41, 5.74) is 0.951. The topological polar surface area (TPSA) is 84.3 Å². The van der Waals surface area contributed by atoms with Crippen molar-refractivity contribution >= 4 is 15.9 Å². The van der Waals surface area contributed by atoms with E-state index in [0.717, 1.165) is 18.7 Å². The molecule has 2 atom stereocenters. The summed E-state index contributed by atoms with van der Waals surface area (Å²) in [4.78, 5) is 12.4. The number of nitrogens with zero attached hydrogens (tertiary/aromatic N) is 3. The lowest BCUT2D eigenvalue weighted by atomic mass is 9.98. The van der Waals surface area contributed by atoms with Crippen LogP contribution in [-0.2, 0) is 21.4 Å². The lowest BCUT2D eigenvalue weighted by Crippen LogP contribution is -2.45. The van der Waals surface area contributed by atoms with Gasteiger partial charge in [0.25, 0.3) is 0 Å². The SMILES string of the molecule is CCn1nccc1C(C)NC(=O)C1CCCN(S(C)(=O)=O)C1. The molecule has 1 aliphatic rings. The van der Waals surface area contributed by atoms with E-state index >= 15 is 0 Å². The number of nitrogens with one attached hydrogen (secondary N) is 1. The van der Waals surface area contributed by atoms with Gasteiger partial charge in [-0.05, 0) is 32.8 Å². The number of piperidine rings is 1. The second-order valence-electron chi connectivity index (χ2n) is 5.76. The zero-order valence-corrected chi connectivity index (χ0v) is 14.1. The van der Waals surface area contributed by atoms with Crippen LogP contribution in [0.15, 0.2) is 12.3 Å². The van der Waals surface area contributed by atoms with E-state index in [1.54, 1.807) is 6.20 Å². The molecule has 1 saturated heterocycles. The van der Waals surface area contributed by atoms with Crippen molar-refractivity contribution in [3.05, 3.63) is 18.0 Å². The molecule has 0 bridgehead atoms. The van der Waals surface area contributed by atoms with E-state index in [9.17, 15) is 13.2 Å². The molecule has 2 heterocycles. The number of hydrogen-bond donors (Lipinski definition) is 1. The summed E-state index contributed by atoms with van der Waals surface area (Å²) >= 11 is 0. The van der Waals surface area contributed by atoms with E-state index in [-0.39, 0.29) is 24.4 Å². The number of aryl methyl sites for hydroxylation is 1. The molecule has 0 saturated carbocycles. The molecule has 1 fully saturated rings. The predicted octanol–water partition coefficient (Wildman–Crippen LogP) is 0.752. The highest BCUT2D eigenvalue weighted by Crippen LogP contribution is 2.20. The van der Waals surface area contributed by atoms with Crippen molar-refractivity contribution in [2.75, 3.05) is 19.3 Å². The fourth-order valence-corrected chi connectivity index (χ4v) is 3.75. The Labute approximate surface area is 131 Å². The van der Waals surface area contributed by atoms with Gasteiger partial charge in [-0.3, -0.25) is 9.48 Å². The second kappa shape index (κ2) is 6.78. The van der Waals surface area contributed by atoms with Gasteiger partial charge in [-0.25, -0.2) is 12.7 Å². The van der Waals surface area contributed by atoms with Crippen LogP contribution < -0.4 is 5.32 Å². The van der Waals surface area contributed by atoms with Crippen LogP contribution in [0.25, 0.3) is 0 Å². The summed E-state index contributed by atoms with van der Waals surface area (Å²) in [6.07, 6.45) is 4.34. The zero-order valence-electron chi connectivity index (χ0n) is 13.3. The summed E-state index contributed by atoms with van der Waals surface area (Å²) in [5.74, 6) is -0.381. The van der Waals surface area contributed by atoms with Crippen molar-refractivity contribution in [3.63, 3.8) is 0 Å². The Kier molecular flexibility index (Phi) is 5.23. The van der Waals surface area contributed by atoms with Gasteiger partial charge in [-0.2, -0.15) is 5.10 Å². The normalized spacial score (nSPS) is 21.5. The third-order valence-electron chi connectivity index (χ3n) is 4.08. The molecule has 2 rings (SSSR count). The molecule has 0 spiro atoms. The maximum Gasteiger partial charge on any atom is 0.224 e. The summed E-state index contributed by atoms with van der Waals surface area (Å²) in [5, 5.41) is 7.18. The lowest BCUT2D eigenvalue weighted by Gasteiger charge is -2.30. The summed E-state index contributed by atoms with van der Waals surface area (Å²) < 4.78 is 26.5. The summed E-state index contributed by atoms with van der Waals surface area (Å²) in [6, 6.07) is 1.74. The molecule has 1 aliphatic heterocycles. The van der Waals surface area contributed by atoms with Crippen LogP contribution in [0.2, 0.25) is 0 Å². The van der Waals surface area contributed by atoms with Crippen molar-refractivity contribution in [1.82, 2.24) is 19.4 Å². The monoisotopic (exact) mass is 328 g/mol. The Morgan fingerprint density at radius 1 is 1.55 bits per heavy atom. The molecule has 1 amide bonds. The van der Waals surface area contributed by atoms with Crippen molar-refractivity contribution in [3.8, 4) is 0 Å². The molecule has 1 aromatic rings. The number of amides is 1. The van der Waals surface area contributed by atoms with Gasteiger partial charge in [0.15, 0.2) is 0 Å². The van der Waals surface area contributed by atoms with Crippen molar-refractivity contribution in [2.45, 2.75) is 39.3 Å². The Morgan fingerprint density at radius 2 is 2.27 bits per heavy atom. The minimum atomic E-state index is -3.24. The first-order valence-electron chi connectivity index (χ1n) is 7.60. The van der Waals surface area contributed by atoms with Crippen LogP contribution in [0.5, 0.6) is 0 Å². The molecular weight excluding hydrogens is 304 g/mol. The molecular formula is C14H24N4O3S. The first-order chi connectivity index (χ1) is 10.3. The van der Waals surface area contributed by atoms with E-state index in [4.69, 9.17) is 0 Å². The first-order valence-corrected chi connectivity index (χ1v) is 9.45. The Balaban J connectivity index is 2.00. The minimum Gasteiger partial charge on any atom is -0.348 e. The molecule has 7 nitrogen and oxygen atoms in total. The number of carbonyl (C=O) groups is 1. The number of aromatic nitrogens is 2. The van der Waals surface area contributed by atoms with Crippen LogP contribution in [0.1, 0.15) is 38.4 Å². The van der Waals surface area contributed by atoms with Crippen LogP contribution in [0.4, 0.5) is 0 Å². The largest absolute Gasteiger partial charge is 0.348 e. The molecule has 8 heteroatoms. The van der Waals surface area contributed by atoms with Gasteiger partial charge in [0, 0.05) is 25.8 Å². The van der Waals surface area contributed by atoms with E-state index in [1.807, 2.05) is 24.6 Å². The average Bonchev–Trinajstić information content (AvgIpc) is 2.95. The molecule has 0 aromatic carbocycles. The van der Waals surface area contributed by atoms with Crippen LogP contribution in [0, 0.1) is 5.92 Å². The van der Waals surface area contributed by atoms with Gasteiger partial charge in [-0.15, -0.1) is 0 Å². The molecule has 1 N–H and O–H groups in total. The fourth-order valence-electron chi connectivity index (χ4n) is 2.84. The molecule has 0 aliphatic carbocycles. The third kappa shape index (κ3) is 3.86. The average molecular weight is 328 g/mol. The second-order valence-corrected chi connectivity index (χ2v) is 7.74. The van der Waals surface area contributed by atoms with Crippen molar-refractivity contribution in [1.29, 1.82) is 0 Å². The Bertz CT molecular complexity index is 626. The van der Waals surface area contributed by atoms with Gasteiger partial charge in [0.1, 0.15) is 0 Å². The Hall–Kier alpha value is -1.41. The minimum absolute atomic E-state index is 0.0929. The maximum absolute atomic E-state index is 12.4. The van der Waals surface area contributed by atoms with Crippen molar-refractivity contribution < 1.29 is 13.2 Å². The van der Waals surface area contributed by atoms with Gasteiger partial charge in [-0.1, -0.05) is 0 Å². The smallest absolute Gasteiger partial charge is 0.224 e. The van der Waals surface area contributed by atoms with Crippen LogP contribution in [0.3, 0.4) is 0 Å². The highest BCUT2D eigenvalue weighted by molar-refractivity contribution is 7.88. The van der Waals surface area contributed by atoms with Gasteiger partial charge in [0.2, 0.25) is 15.9 Å². The van der Waals surface area contributed by atoms with E-state index in [1.165, 1.54) is 10.6 Å². The maximum atomic E-state index is 12.4. The van der Waals surface area contributed by atoms with Gasteiger partial charge in [0.05, 0.1) is 23.9 Å². The number of rotatable bonds is 5. The molecule has 124 valence electrons. The van der Waals surface area contributed by atoms with Gasteiger partial charge < -0.3 is 5.32 Å². The highest BCUT2D eigenvalue weighted by atomic mass is 32.2. The summed E-state index contributed by atoms with van der Waals surface area (Å²) in [6.45, 7) is 5.42. The summed E-state index contributed by atoms with van der Waals surface area (Å²) in [7, 11) is -3.24. The van der Waals surface area contributed by atoms with E-state index < -0.39 is 10.0 Å². The fraction of sp³-hybridized carbons (Fsp3) is 0.714. The number of sulfonamides is 1. The quantitative estimate of drug-likeness (QED) is 0.864. The molecule has 22 heavy (non-hydrogen) atoms. The van der Waals surface area contributed by atoms with E-state index in [0.29, 0.717) is 13.0 Å². The van der Waals surface area contributed by atoms with Crippen LogP contribution in [-0.4, -0.2) is 47.8 Å².